The standard InChI is InChI=1S/C15H23N3O3/c1-11(2)21-13-7-5-12(6-8-13)17-15(20)16-10-9-14(19)18(3)4/h5-8,11H,9-10H2,1-4H3,(H2,16,17,20). The van der Waals surface area contributed by atoms with Gasteiger partial charge in [0.2, 0.25) is 5.91 Å². The molecule has 6 nitrogen and oxygen atoms in total. The maximum absolute atomic E-state index is 11.6. The van der Waals surface area contributed by atoms with Crippen molar-refractivity contribution < 1.29 is 14.3 Å². The van der Waals surface area contributed by atoms with Gasteiger partial charge in [-0.25, -0.2) is 4.79 Å². The Labute approximate surface area is 125 Å². The number of nitrogens with one attached hydrogen (secondary N) is 2. The van der Waals surface area contributed by atoms with E-state index in [1.54, 1.807) is 38.4 Å². The van der Waals surface area contributed by atoms with Crippen LogP contribution in [0.2, 0.25) is 0 Å². The minimum absolute atomic E-state index is 0.0227. The topological polar surface area (TPSA) is 70.7 Å². The van der Waals surface area contributed by atoms with Crippen LogP contribution in [0, 0.1) is 0 Å². The lowest BCUT2D eigenvalue weighted by Gasteiger charge is -2.12. The van der Waals surface area contributed by atoms with Crippen LogP contribution in [0.25, 0.3) is 0 Å². The Morgan fingerprint density at radius 1 is 1.19 bits per heavy atom. The van der Waals surface area contributed by atoms with Gasteiger partial charge in [0.05, 0.1) is 6.10 Å². The molecule has 21 heavy (non-hydrogen) atoms. The average molecular weight is 293 g/mol. The van der Waals surface area contributed by atoms with Crippen molar-refractivity contribution in [3.05, 3.63) is 24.3 Å². The molecule has 0 aliphatic heterocycles. The van der Waals surface area contributed by atoms with Crippen LogP contribution in [0.15, 0.2) is 24.3 Å². The number of carbonyl (C=O) groups is 2. The number of benzene rings is 1. The van der Waals surface area contributed by atoms with E-state index in [1.807, 2.05) is 13.8 Å². The second-order valence-corrected chi connectivity index (χ2v) is 5.11. The molecule has 0 spiro atoms. The van der Waals surface area contributed by atoms with Crippen molar-refractivity contribution in [1.82, 2.24) is 10.2 Å². The van der Waals surface area contributed by atoms with E-state index >= 15 is 0 Å². The summed E-state index contributed by atoms with van der Waals surface area (Å²) in [5.41, 5.74) is 0.669. The molecule has 0 heterocycles. The van der Waals surface area contributed by atoms with E-state index in [-0.39, 0.29) is 24.5 Å². The molecule has 0 aromatic heterocycles. The van der Waals surface area contributed by atoms with Gasteiger partial charge in [0.15, 0.2) is 0 Å². The Balaban J connectivity index is 2.36. The molecule has 0 unspecified atom stereocenters. The Morgan fingerprint density at radius 2 is 1.81 bits per heavy atom. The van der Waals surface area contributed by atoms with Crippen molar-refractivity contribution in [3.8, 4) is 5.75 Å². The number of nitrogens with zero attached hydrogens (tertiary/aromatic N) is 1. The number of rotatable bonds is 6. The van der Waals surface area contributed by atoms with Gasteiger partial charge < -0.3 is 20.3 Å². The summed E-state index contributed by atoms with van der Waals surface area (Å²) in [6, 6.07) is 6.79. The molecule has 0 aliphatic rings. The molecule has 116 valence electrons. The number of hydrogen-bond donors (Lipinski definition) is 2. The van der Waals surface area contributed by atoms with Crippen LogP contribution in [-0.2, 0) is 4.79 Å². The molecule has 6 heteroatoms. The lowest BCUT2D eigenvalue weighted by molar-refractivity contribution is -0.128. The highest BCUT2D eigenvalue weighted by Crippen LogP contribution is 2.16. The van der Waals surface area contributed by atoms with Crippen LogP contribution < -0.4 is 15.4 Å². The van der Waals surface area contributed by atoms with Gasteiger partial charge in [0.1, 0.15) is 5.75 Å². The van der Waals surface area contributed by atoms with Gasteiger partial charge in [-0.05, 0) is 38.1 Å². The van der Waals surface area contributed by atoms with Crippen molar-refractivity contribution in [3.63, 3.8) is 0 Å². The molecule has 0 saturated carbocycles. The maximum Gasteiger partial charge on any atom is 0.319 e. The second kappa shape index (κ2) is 8.14. The van der Waals surface area contributed by atoms with Gasteiger partial charge >= 0.3 is 6.03 Å². The first kappa shape index (κ1) is 16.8. The average Bonchev–Trinajstić information content (AvgIpc) is 2.40. The smallest absolute Gasteiger partial charge is 0.319 e. The van der Waals surface area contributed by atoms with Gasteiger partial charge in [-0.2, -0.15) is 0 Å². The van der Waals surface area contributed by atoms with Crippen molar-refractivity contribution in [1.29, 1.82) is 0 Å². The molecule has 2 N–H and O–H groups in total. The van der Waals surface area contributed by atoms with Crippen molar-refractivity contribution >= 4 is 17.6 Å². The van der Waals surface area contributed by atoms with E-state index < -0.39 is 0 Å². The minimum atomic E-state index is -0.334. The summed E-state index contributed by atoms with van der Waals surface area (Å²) in [6.07, 6.45) is 0.392. The number of amides is 3. The van der Waals surface area contributed by atoms with Crippen LogP contribution in [0.3, 0.4) is 0 Å². The number of hydrogen-bond acceptors (Lipinski definition) is 3. The third-order valence-corrected chi connectivity index (χ3v) is 2.61. The molecule has 0 bridgehead atoms. The molecule has 1 rings (SSSR count). The lowest BCUT2D eigenvalue weighted by Crippen LogP contribution is -2.33. The molecular formula is C15H23N3O3. The third-order valence-electron chi connectivity index (χ3n) is 2.61. The van der Waals surface area contributed by atoms with E-state index in [0.717, 1.165) is 5.75 Å². The second-order valence-electron chi connectivity index (χ2n) is 5.11. The van der Waals surface area contributed by atoms with Gasteiger partial charge in [-0.1, -0.05) is 0 Å². The van der Waals surface area contributed by atoms with Gasteiger partial charge in [-0.15, -0.1) is 0 Å². The van der Waals surface area contributed by atoms with E-state index in [0.29, 0.717) is 12.2 Å². The monoisotopic (exact) mass is 293 g/mol. The summed E-state index contributed by atoms with van der Waals surface area (Å²) < 4.78 is 5.52. The van der Waals surface area contributed by atoms with Crippen LogP contribution >= 0.6 is 0 Å². The Hall–Kier alpha value is -2.24. The molecular weight excluding hydrogens is 270 g/mol. The van der Waals surface area contributed by atoms with Crippen LogP contribution in [0.1, 0.15) is 20.3 Å². The summed E-state index contributed by atoms with van der Waals surface area (Å²) in [5, 5.41) is 5.33. The first-order valence-corrected chi connectivity index (χ1v) is 6.90. The van der Waals surface area contributed by atoms with Crippen LogP contribution in [0.5, 0.6) is 5.75 Å². The quantitative estimate of drug-likeness (QED) is 0.843. The zero-order valence-electron chi connectivity index (χ0n) is 13.0. The van der Waals surface area contributed by atoms with Crippen molar-refractivity contribution in [2.45, 2.75) is 26.4 Å². The highest BCUT2D eigenvalue weighted by molar-refractivity contribution is 5.89. The predicted molar refractivity (Wildman–Crippen MR) is 82.5 cm³/mol. The predicted octanol–water partition coefficient (Wildman–Crippen LogP) is 2.07. The first-order chi connectivity index (χ1) is 9.88. The van der Waals surface area contributed by atoms with Gasteiger partial charge in [0, 0.05) is 32.7 Å². The number of anilines is 1. The van der Waals surface area contributed by atoms with E-state index in [2.05, 4.69) is 10.6 Å². The molecule has 0 aliphatic carbocycles. The zero-order valence-corrected chi connectivity index (χ0v) is 13.0. The number of carbonyl (C=O) groups excluding carboxylic acids is 2. The van der Waals surface area contributed by atoms with Crippen molar-refractivity contribution in [2.75, 3.05) is 26.0 Å². The molecule has 0 saturated heterocycles. The Bertz CT molecular complexity index is 470. The fraction of sp³-hybridized carbons (Fsp3) is 0.467. The van der Waals surface area contributed by atoms with E-state index in [9.17, 15) is 9.59 Å². The molecule has 0 atom stereocenters. The largest absolute Gasteiger partial charge is 0.491 e. The minimum Gasteiger partial charge on any atom is -0.491 e. The Morgan fingerprint density at radius 3 is 2.33 bits per heavy atom. The molecule has 0 fully saturated rings. The zero-order chi connectivity index (χ0) is 15.8. The number of urea groups is 1. The SMILES string of the molecule is CC(C)Oc1ccc(NC(=O)NCCC(=O)N(C)C)cc1. The lowest BCUT2D eigenvalue weighted by atomic mass is 10.3. The summed E-state index contributed by atoms with van der Waals surface area (Å²) in [6.45, 7) is 4.21. The van der Waals surface area contributed by atoms with Crippen LogP contribution in [0.4, 0.5) is 10.5 Å². The highest BCUT2D eigenvalue weighted by atomic mass is 16.5. The summed E-state index contributed by atoms with van der Waals surface area (Å²) >= 11 is 0. The summed E-state index contributed by atoms with van der Waals surface area (Å²) in [4.78, 5) is 24.5. The molecule has 1 aromatic rings. The Kier molecular flexibility index (Phi) is 6.52. The maximum atomic E-state index is 11.6. The summed E-state index contributed by atoms with van der Waals surface area (Å²) in [7, 11) is 3.37. The molecule has 1 aromatic carbocycles. The van der Waals surface area contributed by atoms with Gasteiger partial charge in [0.25, 0.3) is 0 Å². The summed E-state index contributed by atoms with van der Waals surface area (Å²) in [5.74, 6) is 0.734. The van der Waals surface area contributed by atoms with Gasteiger partial charge in [-0.3, -0.25) is 4.79 Å². The molecule has 3 amide bonds. The fourth-order valence-electron chi connectivity index (χ4n) is 1.57. The third kappa shape index (κ3) is 6.65. The molecule has 0 radical (unpaired) electrons. The highest BCUT2D eigenvalue weighted by Gasteiger charge is 2.06. The fourth-order valence-corrected chi connectivity index (χ4v) is 1.57. The van der Waals surface area contributed by atoms with E-state index in [4.69, 9.17) is 4.74 Å². The van der Waals surface area contributed by atoms with Crippen molar-refractivity contribution in [2.24, 2.45) is 0 Å². The number of ether oxygens (including phenoxy) is 1. The normalized spacial score (nSPS) is 10.1. The van der Waals surface area contributed by atoms with Crippen LogP contribution in [-0.4, -0.2) is 43.6 Å². The first-order valence-electron chi connectivity index (χ1n) is 6.90. The van der Waals surface area contributed by atoms with E-state index in [1.165, 1.54) is 4.90 Å².